The summed E-state index contributed by atoms with van der Waals surface area (Å²) in [5.74, 6) is -1.51. The van der Waals surface area contributed by atoms with E-state index in [9.17, 15) is 17.6 Å². The molecule has 0 aliphatic carbocycles. The summed E-state index contributed by atoms with van der Waals surface area (Å²) in [6.07, 6.45) is -1.77. The molecule has 0 bridgehead atoms. The van der Waals surface area contributed by atoms with E-state index in [-0.39, 0.29) is 23.6 Å². The van der Waals surface area contributed by atoms with Crippen molar-refractivity contribution < 1.29 is 27.0 Å². The number of hydrogen-bond acceptors (Lipinski definition) is 5. The van der Waals surface area contributed by atoms with Crippen LogP contribution >= 0.6 is 11.3 Å². The quantitative estimate of drug-likeness (QED) is 0.606. The molecule has 0 saturated carbocycles. The summed E-state index contributed by atoms with van der Waals surface area (Å²) in [4.78, 5) is 4.23. The highest BCUT2D eigenvalue weighted by Gasteiger charge is 2.43. The second-order valence-electron chi connectivity index (χ2n) is 5.88. The number of fused-ring (bicyclic) bond motifs is 1. The Morgan fingerprint density at radius 1 is 1.07 bits per heavy atom. The van der Waals surface area contributed by atoms with Gasteiger partial charge in [-0.15, -0.1) is 20.1 Å². The van der Waals surface area contributed by atoms with Crippen LogP contribution in [0.4, 0.5) is 22.6 Å². The minimum Gasteiger partial charge on any atom is -0.395 e. The lowest BCUT2D eigenvalue weighted by atomic mass is 10.1. The molecule has 0 fully saturated rings. The first kappa shape index (κ1) is 17.6. The number of thiophene rings is 1. The van der Waals surface area contributed by atoms with Crippen LogP contribution in [0.3, 0.4) is 0 Å². The third-order valence-corrected chi connectivity index (χ3v) is 5.09. The van der Waals surface area contributed by atoms with Gasteiger partial charge < -0.3 is 14.8 Å². The molecule has 4 nitrogen and oxygen atoms in total. The van der Waals surface area contributed by atoms with Crippen LogP contribution in [0.5, 0.6) is 11.5 Å². The molecule has 1 aliphatic rings. The van der Waals surface area contributed by atoms with E-state index in [1.165, 1.54) is 23.5 Å². The Kier molecular flexibility index (Phi) is 4.18. The smallest absolute Gasteiger partial charge is 0.395 e. The second-order valence-corrected chi connectivity index (χ2v) is 6.96. The predicted octanol–water partition coefficient (Wildman–Crippen LogP) is 5.33. The van der Waals surface area contributed by atoms with Gasteiger partial charge in [0.15, 0.2) is 11.5 Å². The molecule has 0 atom stereocenters. The molecular weight excluding hydrogens is 384 g/mol. The minimum absolute atomic E-state index is 0.0141. The number of benzene rings is 1. The maximum absolute atomic E-state index is 13.6. The van der Waals surface area contributed by atoms with Crippen molar-refractivity contribution in [1.29, 1.82) is 0 Å². The highest BCUT2D eigenvalue weighted by molar-refractivity contribution is 7.19. The largest absolute Gasteiger partial charge is 0.586 e. The van der Waals surface area contributed by atoms with Gasteiger partial charge in [-0.2, -0.15) is 0 Å². The molecule has 140 valence electrons. The van der Waals surface area contributed by atoms with Gasteiger partial charge in [0.2, 0.25) is 0 Å². The van der Waals surface area contributed by atoms with Crippen molar-refractivity contribution in [2.45, 2.75) is 19.8 Å². The van der Waals surface area contributed by atoms with E-state index in [2.05, 4.69) is 19.8 Å². The fourth-order valence-corrected chi connectivity index (χ4v) is 3.71. The number of halogens is 4. The predicted molar refractivity (Wildman–Crippen MR) is 92.2 cm³/mol. The maximum atomic E-state index is 13.6. The molecular formula is C18H12F4N2O2S. The summed E-state index contributed by atoms with van der Waals surface area (Å²) in [7, 11) is 0. The summed E-state index contributed by atoms with van der Waals surface area (Å²) < 4.78 is 62.6. The van der Waals surface area contributed by atoms with Crippen molar-refractivity contribution in [3.05, 3.63) is 59.4 Å². The van der Waals surface area contributed by atoms with Crippen LogP contribution < -0.4 is 14.8 Å². The Hall–Kier alpha value is -2.81. The topological polar surface area (TPSA) is 43.4 Å². The fraction of sp³-hybridized carbons (Fsp3) is 0.167. The zero-order valence-corrected chi connectivity index (χ0v) is 14.7. The molecule has 1 aliphatic heterocycles. The van der Waals surface area contributed by atoms with E-state index in [1.807, 2.05) is 0 Å². The number of anilines is 1. The summed E-state index contributed by atoms with van der Waals surface area (Å²) in [6.45, 7) is 1.72. The van der Waals surface area contributed by atoms with E-state index in [0.717, 1.165) is 22.8 Å². The first-order valence-electron chi connectivity index (χ1n) is 7.85. The van der Waals surface area contributed by atoms with Crippen LogP contribution in [0.25, 0.3) is 10.4 Å². The number of ether oxygens (including phenoxy) is 2. The van der Waals surface area contributed by atoms with Crippen molar-refractivity contribution in [2.24, 2.45) is 0 Å². The van der Waals surface area contributed by atoms with Gasteiger partial charge in [-0.3, -0.25) is 4.98 Å². The van der Waals surface area contributed by atoms with Gasteiger partial charge >= 0.3 is 6.29 Å². The first-order valence-corrected chi connectivity index (χ1v) is 8.66. The number of rotatable bonds is 4. The Morgan fingerprint density at radius 3 is 2.44 bits per heavy atom. The molecule has 9 heteroatoms. The third kappa shape index (κ3) is 3.42. The third-order valence-electron chi connectivity index (χ3n) is 4.01. The Bertz CT molecular complexity index is 1000. The molecule has 3 heterocycles. The molecule has 1 aromatic carbocycles. The number of hydrogen-bond donors (Lipinski definition) is 1. The highest BCUT2D eigenvalue weighted by Crippen LogP contribution is 2.45. The maximum Gasteiger partial charge on any atom is 0.586 e. The lowest BCUT2D eigenvalue weighted by molar-refractivity contribution is -0.286. The van der Waals surface area contributed by atoms with E-state index >= 15 is 0 Å². The zero-order valence-electron chi connectivity index (χ0n) is 13.9. The number of nitrogens with one attached hydrogen (secondary N) is 1. The normalized spacial score (nSPS) is 14.4. The van der Waals surface area contributed by atoms with E-state index in [0.29, 0.717) is 10.6 Å². The monoisotopic (exact) mass is 396 g/mol. The summed E-state index contributed by atoms with van der Waals surface area (Å²) in [5.41, 5.74) is 1.32. The summed E-state index contributed by atoms with van der Waals surface area (Å²) in [6, 6.07) is 6.51. The van der Waals surface area contributed by atoms with Crippen molar-refractivity contribution in [3.63, 3.8) is 0 Å². The molecule has 2 aromatic heterocycles. The molecule has 1 N–H and O–H groups in total. The van der Waals surface area contributed by atoms with Crippen LogP contribution in [0.1, 0.15) is 11.1 Å². The van der Waals surface area contributed by atoms with Gasteiger partial charge in [0, 0.05) is 17.0 Å². The standard InChI is InChI=1S/C18H12F4N2O2S/c1-9-4-14-15(26-18(21,22)25-14)5-10(9)16-2-3-17(27-16)24-6-11-12(19)7-23-8-13(11)20/h2-5,7-8,24H,6H2,1H3. The summed E-state index contributed by atoms with van der Waals surface area (Å²) in [5, 5.41) is 3.62. The lowest BCUT2D eigenvalue weighted by Crippen LogP contribution is -2.25. The van der Waals surface area contributed by atoms with E-state index in [1.54, 1.807) is 19.1 Å². The van der Waals surface area contributed by atoms with Crippen molar-refractivity contribution >= 4 is 16.3 Å². The van der Waals surface area contributed by atoms with Crippen molar-refractivity contribution in [3.8, 4) is 21.9 Å². The van der Waals surface area contributed by atoms with Gasteiger partial charge in [-0.05, 0) is 42.3 Å². The molecule has 0 radical (unpaired) electrons. The number of nitrogens with zero attached hydrogens (tertiary/aromatic N) is 1. The molecule has 3 aromatic rings. The molecule has 0 unspecified atom stereocenters. The number of aromatic nitrogens is 1. The van der Waals surface area contributed by atoms with Crippen LogP contribution in [-0.2, 0) is 6.54 Å². The SMILES string of the molecule is Cc1cc2c(cc1-c1ccc(NCc3c(F)cncc3F)s1)OC(F)(F)O2. The van der Waals surface area contributed by atoms with Crippen LogP contribution in [-0.4, -0.2) is 11.3 Å². The zero-order chi connectivity index (χ0) is 19.2. The van der Waals surface area contributed by atoms with Crippen molar-refractivity contribution in [2.75, 3.05) is 5.32 Å². The lowest BCUT2D eigenvalue weighted by Gasteiger charge is -2.06. The molecule has 4 rings (SSSR count). The fourth-order valence-electron chi connectivity index (χ4n) is 2.72. The minimum atomic E-state index is -3.67. The van der Waals surface area contributed by atoms with E-state index < -0.39 is 17.9 Å². The number of aryl methyl sites for hydroxylation is 1. The first-order chi connectivity index (χ1) is 12.8. The van der Waals surface area contributed by atoms with Gasteiger partial charge in [0.1, 0.15) is 11.6 Å². The van der Waals surface area contributed by atoms with Crippen LogP contribution in [0.15, 0.2) is 36.7 Å². The average molecular weight is 396 g/mol. The molecule has 0 amide bonds. The Morgan fingerprint density at radius 2 is 1.74 bits per heavy atom. The van der Waals surface area contributed by atoms with Crippen molar-refractivity contribution in [1.82, 2.24) is 4.98 Å². The van der Waals surface area contributed by atoms with Crippen LogP contribution in [0, 0.1) is 18.6 Å². The molecule has 27 heavy (non-hydrogen) atoms. The van der Waals surface area contributed by atoms with Gasteiger partial charge in [-0.1, -0.05) is 0 Å². The van der Waals surface area contributed by atoms with E-state index in [4.69, 9.17) is 0 Å². The summed E-state index contributed by atoms with van der Waals surface area (Å²) >= 11 is 1.32. The Labute approximate surface area is 155 Å². The molecule has 0 saturated heterocycles. The van der Waals surface area contributed by atoms with Gasteiger partial charge in [-0.25, -0.2) is 8.78 Å². The van der Waals surface area contributed by atoms with Gasteiger partial charge in [0.05, 0.1) is 17.4 Å². The number of alkyl halides is 2. The second kappa shape index (κ2) is 6.41. The molecule has 0 spiro atoms. The average Bonchev–Trinajstić information content (AvgIpc) is 3.16. The highest BCUT2D eigenvalue weighted by atomic mass is 32.1. The number of pyridine rings is 1. The van der Waals surface area contributed by atoms with Gasteiger partial charge in [0.25, 0.3) is 0 Å². The van der Waals surface area contributed by atoms with Crippen LogP contribution in [0.2, 0.25) is 0 Å². The Balaban J connectivity index is 1.55.